The number of amides is 1. The highest BCUT2D eigenvalue weighted by molar-refractivity contribution is 5.92. The number of ether oxygens (including phenoxy) is 1. The van der Waals surface area contributed by atoms with Gasteiger partial charge in [0.15, 0.2) is 0 Å². The minimum absolute atomic E-state index is 0.165. The van der Waals surface area contributed by atoms with Crippen molar-refractivity contribution in [3.63, 3.8) is 0 Å². The first kappa shape index (κ1) is 23.0. The Morgan fingerprint density at radius 2 is 1.91 bits per heavy atom. The van der Waals surface area contributed by atoms with Crippen LogP contribution in [0.3, 0.4) is 0 Å². The van der Waals surface area contributed by atoms with E-state index in [2.05, 4.69) is 0 Å². The quantitative estimate of drug-likeness (QED) is 0.362. The minimum atomic E-state index is -1.26. The molecule has 168 valence electrons. The number of carbonyl (C=O) groups excluding carboxylic acids is 1. The maximum atomic E-state index is 13.4. The van der Waals surface area contributed by atoms with Gasteiger partial charge in [-0.2, -0.15) is 0 Å². The summed E-state index contributed by atoms with van der Waals surface area (Å²) in [7, 11) is 1.59. The normalized spacial score (nSPS) is 15.8. The number of rotatable bonds is 9. The van der Waals surface area contributed by atoms with E-state index in [1.807, 2.05) is 31.2 Å². The van der Waals surface area contributed by atoms with E-state index in [1.54, 1.807) is 29.3 Å². The number of methoxy groups -OCH3 is 1. The van der Waals surface area contributed by atoms with Crippen LogP contribution in [0.5, 0.6) is 0 Å². The van der Waals surface area contributed by atoms with Gasteiger partial charge in [0.1, 0.15) is 11.7 Å². The number of hydrogen-bond acceptors (Lipinski definition) is 6. The van der Waals surface area contributed by atoms with Crippen molar-refractivity contribution in [3.8, 4) is 0 Å². The van der Waals surface area contributed by atoms with E-state index in [1.165, 1.54) is 12.1 Å². The summed E-state index contributed by atoms with van der Waals surface area (Å²) >= 11 is 0. The Kier molecular flexibility index (Phi) is 7.21. The molecule has 32 heavy (non-hydrogen) atoms. The van der Waals surface area contributed by atoms with Gasteiger partial charge in [-0.1, -0.05) is 29.8 Å². The fraction of sp³-hybridized carbons (Fsp3) is 0.304. The Bertz CT molecular complexity index is 1030. The molecule has 0 fully saturated rings. The molecule has 9 nitrogen and oxygen atoms in total. The molecule has 3 rings (SSSR count). The van der Waals surface area contributed by atoms with Gasteiger partial charge < -0.3 is 19.6 Å². The lowest BCUT2D eigenvalue weighted by Crippen LogP contribution is -2.50. The molecule has 2 aromatic rings. The summed E-state index contributed by atoms with van der Waals surface area (Å²) in [5.41, 5.74) is 1.60. The maximum absolute atomic E-state index is 13.4. The average molecular weight is 439 g/mol. The molecule has 0 spiro atoms. The Hall–Kier alpha value is -3.72. The Morgan fingerprint density at radius 3 is 2.53 bits per heavy atom. The van der Waals surface area contributed by atoms with Crippen LogP contribution >= 0.6 is 0 Å². The van der Waals surface area contributed by atoms with Crippen LogP contribution in [0, 0.1) is 17.0 Å². The number of anilines is 1. The van der Waals surface area contributed by atoms with Crippen molar-refractivity contribution in [2.45, 2.75) is 25.8 Å². The molecule has 0 saturated heterocycles. The first-order valence-corrected chi connectivity index (χ1v) is 10.1. The predicted octanol–water partition coefficient (Wildman–Crippen LogP) is 3.37. The van der Waals surface area contributed by atoms with Gasteiger partial charge in [-0.05, 0) is 31.0 Å². The van der Waals surface area contributed by atoms with Crippen molar-refractivity contribution in [2.75, 3.05) is 25.2 Å². The van der Waals surface area contributed by atoms with E-state index < -0.39 is 16.9 Å². The summed E-state index contributed by atoms with van der Waals surface area (Å²) < 4.78 is 5.07. The molecule has 0 unspecified atom stereocenters. The van der Waals surface area contributed by atoms with Gasteiger partial charge in [0.05, 0.1) is 10.5 Å². The molecule has 1 aliphatic heterocycles. The lowest BCUT2D eigenvalue weighted by atomic mass is 10.00. The van der Waals surface area contributed by atoms with Crippen LogP contribution in [0.4, 0.5) is 11.4 Å². The molecule has 0 aliphatic carbocycles. The van der Waals surface area contributed by atoms with E-state index in [0.717, 1.165) is 17.2 Å². The first-order chi connectivity index (χ1) is 15.3. The molecule has 1 atom stereocenters. The van der Waals surface area contributed by atoms with Crippen LogP contribution in [0.1, 0.15) is 27.9 Å². The molecular weight excluding hydrogens is 414 g/mol. The highest BCUT2D eigenvalue weighted by Gasteiger charge is 2.35. The zero-order chi connectivity index (χ0) is 23.3. The molecule has 0 saturated carbocycles. The molecule has 0 aromatic heterocycles. The molecule has 2 aromatic carbocycles. The van der Waals surface area contributed by atoms with Crippen LogP contribution in [0.25, 0.3) is 0 Å². The van der Waals surface area contributed by atoms with Gasteiger partial charge in [0.2, 0.25) is 5.91 Å². The topological polar surface area (TPSA) is 113 Å². The molecule has 1 N–H and O–H groups in total. The second-order valence-corrected chi connectivity index (χ2v) is 7.55. The van der Waals surface area contributed by atoms with E-state index in [0.29, 0.717) is 26.0 Å². The molecular formula is C23H25N3O6. The highest BCUT2D eigenvalue weighted by atomic mass is 16.6. The van der Waals surface area contributed by atoms with Crippen molar-refractivity contribution in [1.29, 1.82) is 0 Å². The number of aromatic carboxylic acids is 1. The number of nitro groups is 1. The number of aryl methyl sites for hydroxylation is 1. The largest absolute Gasteiger partial charge is 0.478 e. The predicted molar refractivity (Wildman–Crippen MR) is 119 cm³/mol. The molecule has 1 amide bonds. The summed E-state index contributed by atoms with van der Waals surface area (Å²) in [5, 5.41) is 20.9. The first-order valence-electron chi connectivity index (χ1n) is 10.1. The van der Waals surface area contributed by atoms with Gasteiger partial charge in [-0.25, -0.2) is 4.79 Å². The van der Waals surface area contributed by atoms with Crippen molar-refractivity contribution in [2.24, 2.45) is 0 Å². The van der Waals surface area contributed by atoms with Gasteiger partial charge in [-0.3, -0.25) is 14.9 Å². The van der Waals surface area contributed by atoms with Crippen molar-refractivity contribution in [3.05, 3.63) is 81.7 Å². The second kappa shape index (κ2) is 10.1. The van der Waals surface area contributed by atoms with Crippen molar-refractivity contribution in [1.82, 2.24) is 4.90 Å². The molecule has 1 aliphatic rings. The monoisotopic (exact) mass is 439 g/mol. The Labute approximate surface area is 185 Å². The number of hydrogen-bond donors (Lipinski definition) is 1. The average Bonchev–Trinajstić information content (AvgIpc) is 2.77. The van der Waals surface area contributed by atoms with Gasteiger partial charge in [0.25, 0.3) is 5.69 Å². The number of carboxylic acids is 1. The van der Waals surface area contributed by atoms with E-state index in [9.17, 15) is 24.8 Å². The fourth-order valence-electron chi connectivity index (χ4n) is 3.61. The summed E-state index contributed by atoms with van der Waals surface area (Å²) in [4.78, 5) is 38.9. The highest BCUT2D eigenvalue weighted by Crippen LogP contribution is 2.34. The van der Waals surface area contributed by atoms with E-state index in [4.69, 9.17) is 4.74 Å². The lowest BCUT2D eigenvalue weighted by Gasteiger charge is -2.37. The Balaban J connectivity index is 2.01. The third-order valence-corrected chi connectivity index (χ3v) is 5.31. The second-order valence-electron chi connectivity index (χ2n) is 7.55. The maximum Gasteiger partial charge on any atom is 0.335 e. The fourth-order valence-corrected chi connectivity index (χ4v) is 3.61. The van der Waals surface area contributed by atoms with Crippen LogP contribution in [0.2, 0.25) is 0 Å². The third-order valence-electron chi connectivity index (χ3n) is 5.31. The van der Waals surface area contributed by atoms with E-state index in [-0.39, 0.29) is 22.8 Å². The van der Waals surface area contributed by atoms with Crippen LogP contribution < -0.4 is 4.90 Å². The van der Waals surface area contributed by atoms with Crippen LogP contribution in [-0.4, -0.2) is 53.1 Å². The van der Waals surface area contributed by atoms with Gasteiger partial charge >= 0.3 is 5.97 Å². The number of carboxylic acid groups (broad SMARTS) is 1. The molecule has 9 heteroatoms. The third kappa shape index (κ3) is 5.12. The zero-order valence-corrected chi connectivity index (χ0v) is 17.9. The number of carbonyl (C=O) groups is 2. The van der Waals surface area contributed by atoms with Gasteiger partial charge in [-0.15, -0.1) is 0 Å². The number of nitrogens with zero attached hydrogens (tertiary/aromatic N) is 3. The van der Waals surface area contributed by atoms with Crippen molar-refractivity contribution < 1.29 is 24.4 Å². The minimum Gasteiger partial charge on any atom is -0.478 e. The molecule has 1 heterocycles. The summed E-state index contributed by atoms with van der Waals surface area (Å²) in [6.07, 6.45) is 4.22. The number of nitro benzene ring substituents is 1. The molecule has 0 bridgehead atoms. The standard InChI is InChI=1S/C23H25N3O6/c1-16-4-6-17(7-5-16)14-21-22(27)24(10-3-13-32-2)11-12-25(21)19-9-8-18(23(28)29)15-20(19)26(30)31/h4-9,11-12,15,21H,3,10,13-14H2,1-2H3,(H,28,29)/t21-/m0/s1. The van der Waals surface area contributed by atoms with Crippen LogP contribution in [0.15, 0.2) is 54.9 Å². The number of benzene rings is 2. The summed E-state index contributed by atoms with van der Waals surface area (Å²) in [5.74, 6) is -1.45. The van der Waals surface area contributed by atoms with Crippen LogP contribution in [-0.2, 0) is 16.0 Å². The zero-order valence-electron chi connectivity index (χ0n) is 17.9. The summed E-state index contributed by atoms with van der Waals surface area (Å²) in [6, 6.07) is 10.7. The van der Waals surface area contributed by atoms with Gasteiger partial charge in [0, 0.05) is 45.1 Å². The smallest absolute Gasteiger partial charge is 0.335 e. The SMILES string of the molecule is COCCCN1C=CN(c2ccc(C(=O)O)cc2[N+](=O)[O-])[C@@H](Cc2ccc(C)cc2)C1=O. The van der Waals surface area contributed by atoms with E-state index >= 15 is 0 Å². The van der Waals surface area contributed by atoms with Crippen molar-refractivity contribution >= 4 is 23.3 Å². The molecule has 0 radical (unpaired) electrons. The Morgan fingerprint density at radius 1 is 1.19 bits per heavy atom. The summed E-state index contributed by atoms with van der Waals surface area (Å²) in [6.45, 7) is 2.93. The lowest BCUT2D eigenvalue weighted by molar-refractivity contribution is -0.384.